The fraction of sp³-hybridized carbons (Fsp3) is 0.600. The van der Waals surface area contributed by atoms with E-state index in [0.717, 1.165) is 19.4 Å². The minimum atomic E-state index is -0.585. The number of carbonyl (C=O) groups excluding carboxylic acids is 2. The summed E-state index contributed by atoms with van der Waals surface area (Å²) >= 11 is 0. The molecule has 1 atom stereocenters. The van der Waals surface area contributed by atoms with Gasteiger partial charge in [-0.05, 0) is 43.9 Å². The molecule has 1 heterocycles. The van der Waals surface area contributed by atoms with Crippen molar-refractivity contribution in [1.29, 1.82) is 0 Å². The zero-order valence-corrected chi connectivity index (χ0v) is 16.3. The van der Waals surface area contributed by atoms with E-state index in [0.29, 0.717) is 42.7 Å². The highest BCUT2D eigenvalue weighted by atomic mass is 16.5. The van der Waals surface area contributed by atoms with Gasteiger partial charge in [0.15, 0.2) is 18.1 Å². The number of benzene rings is 1. The number of carbonyl (C=O) groups is 2. The first kappa shape index (κ1) is 21.0. The Hall–Kier alpha value is -2.28. The van der Waals surface area contributed by atoms with Crippen molar-refractivity contribution >= 4 is 11.9 Å². The predicted molar refractivity (Wildman–Crippen MR) is 100 cm³/mol. The molecule has 150 valence electrons. The Morgan fingerprint density at radius 1 is 1.26 bits per heavy atom. The number of hydrogen-bond acceptors (Lipinski definition) is 6. The standard InChI is InChI=1S/C20H29NO6/c1-4-24-18-10-15(7-8-17(18)26-12-14(2)3)20(23)27-13-19(22)21-11-16-6-5-9-25-16/h7-8,10,14,16H,4-6,9,11-13H2,1-3H3,(H,21,22)/t16-/m0/s1. The van der Waals surface area contributed by atoms with Crippen LogP contribution in [0.2, 0.25) is 0 Å². The van der Waals surface area contributed by atoms with Crippen molar-refractivity contribution in [3.05, 3.63) is 23.8 Å². The predicted octanol–water partition coefficient (Wildman–Crippen LogP) is 2.57. The molecule has 1 fully saturated rings. The van der Waals surface area contributed by atoms with Gasteiger partial charge in [-0.25, -0.2) is 4.79 Å². The summed E-state index contributed by atoms with van der Waals surface area (Å²) in [5.74, 6) is 0.503. The first-order valence-electron chi connectivity index (χ1n) is 9.44. The van der Waals surface area contributed by atoms with Crippen LogP contribution in [-0.2, 0) is 14.3 Å². The summed E-state index contributed by atoms with van der Waals surface area (Å²) in [5.41, 5.74) is 0.308. The summed E-state index contributed by atoms with van der Waals surface area (Å²) < 4.78 is 21.8. The van der Waals surface area contributed by atoms with Crippen molar-refractivity contribution in [2.75, 3.05) is 33.0 Å². The highest BCUT2D eigenvalue weighted by Gasteiger charge is 2.18. The molecule has 1 N–H and O–H groups in total. The molecule has 0 unspecified atom stereocenters. The number of nitrogens with one attached hydrogen (secondary N) is 1. The highest BCUT2D eigenvalue weighted by molar-refractivity contribution is 5.92. The summed E-state index contributed by atoms with van der Waals surface area (Å²) in [5, 5.41) is 2.71. The number of amides is 1. The monoisotopic (exact) mass is 379 g/mol. The molecule has 1 saturated heterocycles. The third-order valence-electron chi connectivity index (χ3n) is 3.94. The Morgan fingerprint density at radius 3 is 2.74 bits per heavy atom. The minimum absolute atomic E-state index is 0.0526. The van der Waals surface area contributed by atoms with Crippen molar-refractivity contribution in [1.82, 2.24) is 5.32 Å². The van der Waals surface area contributed by atoms with Gasteiger partial charge in [0, 0.05) is 13.2 Å². The summed E-state index contributed by atoms with van der Waals surface area (Å²) in [7, 11) is 0. The van der Waals surface area contributed by atoms with Crippen molar-refractivity contribution in [3.63, 3.8) is 0 Å². The van der Waals surface area contributed by atoms with Crippen LogP contribution in [-0.4, -0.2) is 51.0 Å². The van der Waals surface area contributed by atoms with E-state index in [1.54, 1.807) is 18.2 Å². The fourth-order valence-corrected chi connectivity index (χ4v) is 2.58. The van der Waals surface area contributed by atoms with Crippen LogP contribution < -0.4 is 14.8 Å². The Labute approximate surface area is 160 Å². The lowest BCUT2D eigenvalue weighted by atomic mass is 10.2. The van der Waals surface area contributed by atoms with E-state index in [2.05, 4.69) is 19.2 Å². The lowest BCUT2D eigenvalue weighted by molar-refractivity contribution is -0.124. The van der Waals surface area contributed by atoms with Gasteiger partial charge < -0.3 is 24.3 Å². The molecule has 0 radical (unpaired) electrons. The molecule has 1 aromatic carbocycles. The van der Waals surface area contributed by atoms with E-state index in [4.69, 9.17) is 18.9 Å². The molecule has 0 bridgehead atoms. The lowest BCUT2D eigenvalue weighted by Crippen LogP contribution is -2.34. The zero-order chi connectivity index (χ0) is 19.6. The second kappa shape index (κ2) is 10.8. The van der Waals surface area contributed by atoms with Crippen molar-refractivity contribution in [2.24, 2.45) is 5.92 Å². The van der Waals surface area contributed by atoms with E-state index in [9.17, 15) is 9.59 Å². The number of rotatable bonds is 10. The SMILES string of the molecule is CCOc1cc(C(=O)OCC(=O)NC[C@@H]2CCCO2)ccc1OCC(C)C. The van der Waals surface area contributed by atoms with Gasteiger partial charge in [-0.1, -0.05) is 13.8 Å². The first-order valence-corrected chi connectivity index (χ1v) is 9.44. The van der Waals surface area contributed by atoms with Gasteiger partial charge >= 0.3 is 5.97 Å². The van der Waals surface area contributed by atoms with Crippen LogP contribution in [0.25, 0.3) is 0 Å². The molecular weight excluding hydrogens is 350 g/mol. The number of esters is 1. The van der Waals surface area contributed by atoms with Crippen LogP contribution in [0, 0.1) is 5.92 Å². The van der Waals surface area contributed by atoms with Crippen LogP contribution in [0.4, 0.5) is 0 Å². The van der Waals surface area contributed by atoms with Crippen LogP contribution in [0.15, 0.2) is 18.2 Å². The molecule has 2 rings (SSSR count). The highest BCUT2D eigenvalue weighted by Crippen LogP contribution is 2.29. The zero-order valence-electron chi connectivity index (χ0n) is 16.3. The van der Waals surface area contributed by atoms with Crippen LogP contribution in [0.1, 0.15) is 44.0 Å². The molecule has 7 nitrogen and oxygen atoms in total. The maximum atomic E-state index is 12.2. The second-order valence-electron chi connectivity index (χ2n) is 6.81. The Balaban J connectivity index is 1.86. The summed E-state index contributed by atoms with van der Waals surface area (Å²) in [6.07, 6.45) is 2.00. The largest absolute Gasteiger partial charge is 0.490 e. The van der Waals surface area contributed by atoms with Gasteiger partial charge in [-0.3, -0.25) is 4.79 Å². The molecule has 27 heavy (non-hydrogen) atoms. The molecule has 0 aromatic heterocycles. The van der Waals surface area contributed by atoms with Gasteiger partial charge in [0.1, 0.15) is 0 Å². The third-order valence-corrected chi connectivity index (χ3v) is 3.94. The molecule has 1 aromatic rings. The second-order valence-corrected chi connectivity index (χ2v) is 6.81. The van der Waals surface area contributed by atoms with Gasteiger partial charge in [0.25, 0.3) is 5.91 Å². The normalized spacial score (nSPS) is 16.2. The van der Waals surface area contributed by atoms with E-state index in [1.807, 2.05) is 6.92 Å². The van der Waals surface area contributed by atoms with Crippen molar-refractivity contribution in [2.45, 2.75) is 39.7 Å². The van der Waals surface area contributed by atoms with Gasteiger partial charge in [-0.15, -0.1) is 0 Å². The van der Waals surface area contributed by atoms with E-state index >= 15 is 0 Å². The molecule has 1 amide bonds. The van der Waals surface area contributed by atoms with Gasteiger partial charge in [0.2, 0.25) is 0 Å². The maximum absolute atomic E-state index is 12.2. The summed E-state index contributed by atoms with van der Waals surface area (Å²) in [6.45, 7) is 7.79. The van der Waals surface area contributed by atoms with Crippen molar-refractivity contribution in [3.8, 4) is 11.5 Å². The number of hydrogen-bond donors (Lipinski definition) is 1. The topological polar surface area (TPSA) is 83.1 Å². The Kier molecular flexibility index (Phi) is 8.39. The smallest absolute Gasteiger partial charge is 0.338 e. The fourth-order valence-electron chi connectivity index (χ4n) is 2.58. The third kappa shape index (κ3) is 7.09. The van der Waals surface area contributed by atoms with E-state index < -0.39 is 5.97 Å². The van der Waals surface area contributed by atoms with E-state index in [1.165, 1.54) is 0 Å². The molecule has 0 spiro atoms. The molecular formula is C20H29NO6. The lowest BCUT2D eigenvalue weighted by Gasteiger charge is -2.14. The molecule has 1 aliphatic heterocycles. The molecule has 1 aliphatic rings. The average molecular weight is 379 g/mol. The summed E-state index contributed by atoms with van der Waals surface area (Å²) in [6, 6.07) is 4.86. The maximum Gasteiger partial charge on any atom is 0.338 e. The quantitative estimate of drug-likeness (QED) is 0.629. The van der Waals surface area contributed by atoms with Gasteiger partial charge in [0.05, 0.1) is 24.9 Å². The van der Waals surface area contributed by atoms with Crippen LogP contribution in [0.5, 0.6) is 11.5 Å². The Morgan fingerprint density at radius 2 is 2.07 bits per heavy atom. The van der Waals surface area contributed by atoms with Crippen molar-refractivity contribution < 1.29 is 28.5 Å². The minimum Gasteiger partial charge on any atom is -0.490 e. The molecule has 0 aliphatic carbocycles. The van der Waals surface area contributed by atoms with Gasteiger partial charge in [-0.2, -0.15) is 0 Å². The average Bonchev–Trinajstić information content (AvgIpc) is 3.17. The molecule has 0 saturated carbocycles. The molecule has 7 heteroatoms. The van der Waals surface area contributed by atoms with Crippen LogP contribution >= 0.6 is 0 Å². The number of ether oxygens (including phenoxy) is 4. The first-order chi connectivity index (χ1) is 13.0. The van der Waals surface area contributed by atoms with E-state index in [-0.39, 0.29) is 18.6 Å². The van der Waals surface area contributed by atoms with Crippen LogP contribution in [0.3, 0.4) is 0 Å². The summed E-state index contributed by atoms with van der Waals surface area (Å²) in [4.78, 5) is 24.0. The Bertz CT molecular complexity index is 625.